The van der Waals surface area contributed by atoms with Gasteiger partial charge in [-0.05, 0) is 61.9 Å². The highest BCUT2D eigenvalue weighted by atomic mass is 79.9. The minimum absolute atomic E-state index is 0.0230. The van der Waals surface area contributed by atoms with Crippen LogP contribution in [0, 0.1) is 0 Å². The van der Waals surface area contributed by atoms with Crippen molar-refractivity contribution >= 4 is 66.7 Å². The minimum atomic E-state index is -4.12. The molecule has 3 rings (SSSR count). The van der Waals surface area contributed by atoms with Crippen molar-refractivity contribution in [2.75, 3.05) is 17.4 Å². The number of anilines is 1. The topological polar surface area (TPSA) is 86.8 Å². The standard InChI is InChI=1S/C26H26BrCl2N3O4S/c1-3-30-26(34)18(2)31(16-19-12-13-21(28)15-24(19)29)25(33)17-32(22-9-7-8-20(27)14-22)37(35,36)23-10-5-4-6-11-23/h4-15,18H,3,16-17H2,1-2H3,(H,30,34)/t18-/m0/s1. The number of carbonyl (C=O) groups excluding carboxylic acids is 2. The van der Waals surface area contributed by atoms with Gasteiger partial charge in [0.1, 0.15) is 12.6 Å². The van der Waals surface area contributed by atoms with Gasteiger partial charge in [0.15, 0.2) is 0 Å². The van der Waals surface area contributed by atoms with Gasteiger partial charge in [0, 0.05) is 27.6 Å². The smallest absolute Gasteiger partial charge is 0.264 e. The fourth-order valence-electron chi connectivity index (χ4n) is 3.62. The van der Waals surface area contributed by atoms with Gasteiger partial charge in [0.2, 0.25) is 11.8 Å². The lowest BCUT2D eigenvalue weighted by Crippen LogP contribution is -2.51. The van der Waals surface area contributed by atoms with Crippen LogP contribution in [0.5, 0.6) is 0 Å². The second-order valence-electron chi connectivity index (χ2n) is 8.13. The molecule has 3 aromatic rings. The number of rotatable bonds is 10. The van der Waals surface area contributed by atoms with Gasteiger partial charge in [0.25, 0.3) is 10.0 Å². The van der Waals surface area contributed by atoms with Gasteiger partial charge in [-0.1, -0.05) is 69.5 Å². The van der Waals surface area contributed by atoms with Crippen molar-refractivity contribution in [3.05, 3.63) is 92.9 Å². The van der Waals surface area contributed by atoms with Crippen LogP contribution >= 0.6 is 39.1 Å². The summed E-state index contributed by atoms with van der Waals surface area (Å²) in [5.41, 5.74) is 0.859. The Morgan fingerprint density at radius 2 is 1.70 bits per heavy atom. The van der Waals surface area contributed by atoms with Crippen LogP contribution in [-0.2, 0) is 26.2 Å². The van der Waals surface area contributed by atoms with Gasteiger partial charge in [-0.25, -0.2) is 8.42 Å². The van der Waals surface area contributed by atoms with Crippen molar-refractivity contribution < 1.29 is 18.0 Å². The van der Waals surface area contributed by atoms with Gasteiger partial charge in [-0.3, -0.25) is 13.9 Å². The number of nitrogens with zero attached hydrogens (tertiary/aromatic N) is 2. The predicted molar refractivity (Wildman–Crippen MR) is 150 cm³/mol. The zero-order valence-electron chi connectivity index (χ0n) is 20.2. The van der Waals surface area contributed by atoms with E-state index in [2.05, 4.69) is 21.2 Å². The number of hydrogen-bond acceptors (Lipinski definition) is 4. The van der Waals surface area contributed by atoms with Crippen molar-refractivity contribution in [1.29, 1.82) is 0 Å². The fourth-order valence-corrected chi connectivity index (χ4v) is 5.90. The Kier molecular flexibility index (Phi) is 10.0. The number of benzene rings is 3. The van der Waals surface area contributed by atoms with Crippen LogP contribution in [0.1, 0.15) is 19.4 Å². The van der Waals surface area contributed by atoms with Crippen molar-refractivity contribution in [2.45, 2.75) is 31.3 Å². The number of nitrogens with one attached hydrogen (secondary N) is 1. The van der Waals surface area contributed by atoms with E-state index in [1.54, 1.807) is 74.5 Å². The zero-order valence-corrected chi connectivity index (χ0v) is 24.1. The average molecular weight is 627 g/mol. The monoisotopic (exact) mass is 625 g/mol. The van der Waals surface area contributed by atoms with E-state index in [1.807, 2.05) is 0 Å². The average Bonchev–Trinajstić information content (AvgIpc) is 2.87. The van der Waals surface area contributed by atoms with Crippen LogP contribution in [0.15, 0.2) is 82.2 Å². The first-order valence-corrected chi connectivity index (χ1v) is 14.4. The summed E-state index contributed by atoms with van der Waals surface area (Å²) in [5, 5.41) is 3.47. The van der Waals surface area contributed by atoms with Crippen molar-refractivity contribution in [1.82, 2.24) is 10.2 Å². The largest absolute Gasteiger partial charge is 0.355 e. The van der Waals surface area contributed by atoms with Crippen LogP contribution in [0.4, 0.5) is 5.69 Å². The molecule has 0 radical (unpaired) electrons. The molecule has 196 valence electrons. The van der Waals surface area contributed by atoms with Crippen LogP contribution in [0.2, 0.25) is 10.0 Å². The number of amides is 2. The van der Waals surface area contributed by atoms with Crippen molar-refractivity contribution in [3.63, 3.8) is 0 Å². The molecule has 0 aliphatic rings. The molecule has 3 aromatic carbocycles. The summed E-state index contributed by atoms with van der Waals surface area (Å²) in [6.07, 6.45) is 0. The Labute approximate surface area is 235 Å². The van der Waals surface area contributed by atoms with E-state index in [0.717, 1.165) is 4.31 Å². The van der Waals surface area contributed by atoms with E-state index >= 15 is 0 Å². The Morgan fingerprint density at radius 1 is 1.00 bits per heavy atom. The van der Waals surface area contributed by atoms with Crippen molar-refractivity contribution in [2.24, 2.45) is 0 Å². The predicted octanol–water partition coefficient (Wildman–Crippen LogP) is 5.50. The maximum Gasteiger partial charge on any atom is 0.264 e. The molecular weight excluding hydrogens is 601 g/mol. The summed E-state index contributed by atoms with van der Waals surface area (Å²) in [4.78, 5) is 27.9. The molecule has 37 heavy (non-hydrogen) atoms. The third-order valence-electron chi connectivity index (χ3n) is 5.58. The minimum Gasteiger partial charge on any atom is -0.355 e. The number of halogens is 3. The number of hydrogen-bond donors (Lipinski definition) is 1. The highest BCUT2D eigenvalue weighted by molar-refractivity contribution is 9.10. The second kappa shape index (κ2) is 12.8. The molecule has 1 N–H and O–H groups in total. The Balaban J connectivity index is 2.04. The lowest BCUT2D eigenvalue weighted by atomic mass is 10.1. The number of sulfonamides is 1. The lowest BCUT2D eigenvalue weighted by Gasteiger charge is -2.32. The van der Waals surface area contributed by atoms with E-state index in [4.69, 9.17) is 23.2 Å². The first kappa shape index (κ1) is 29.0. The normalized spacial score (nSPS) is 12.0. The summed E-state index contributed by atoms with van der Waals surface area (Å²) in [5.74, 6) is -0.954. The van der Waals surface area contributed by atoms with Crippen LogP contribution in [0.25, 0.3) is 0 Å². The summed E-state index contributed by atoms with van der Waals surface area (Å²) >= 11 is 15.8. The second-order valence-corrected chi connectivity index (χ2v) is 11.8. The Morgan fingerprint density at radius 3 is 2.32 bits per heavy atom. The third kappa shape index (κ3) is 7.25. The molecule has 0 saturated carbocycles. The quantitative estimate of drug-likeness (QED) is 0.322. The molecule has 2 amide bonds. The first-order chi connectivity index (χ1) is 17.5. The van der Waals surface area contributed by atoms with Gasteiger partial charge < -0.3 is 10.2 Å². The molecular formula is C26H26BrCl2N3O4S. The SMILES string of the molecule is CCNC(=O)[C@H](C)N(Cc1ccc(Cl)cc1Cl)C(=O)CN(c1cccc(Br)c1)S(=O)(=O)c1ccccc1. The molecule has 7 nitrogen and oxygen atoms in total. The maximum atomic E-state index is 13.8. The van der Waals surface area contributed by atoms with Gasteiger partial charge in [-0.15, -0.1) is 0 Å². The summed E-state index contributed by atoms with van der Waals surface area (Å²) in [6, 6.07) is 18.5. The van der Waals surface area contributed by atoms with E-state index in [-0.39, 0.29) is 17.3 Å². The molecule has 0 fully saturated rings. The molecule has 0 aromatic heterocycles. The van der Waals surface area contributed by atoms with Crippen molar-refractivity contribution in [3.8, 4) is 0 Å². The van der Waals surface area contributed by atoms with E-state index in [1.165, 1.54) is 17.0 Å². The summed E-state index contributed by atoms with van der Waals surface area (Å²) in [7, 11) is -4.12. The highest BCUT2D eigenvalue weighted by Crippen LogP contribution is 2.28. The van der Waals surface area contributed by atoms with E-state index < -0.39 is 28.5 Å². The van der Waals surface area contributed by atoms with Gasteiger partial charge in [0.05, 0.1) is 10.6 Å². The molecule has 0 unspecified atom stereocenters. The third-order valence-corrected chi connectivity index (χ3v) is 8.45. The van der Waals surface area contributed by atoms with Crippen LogP contribution < -0.4 is 9.62 Å². The first-order valence-electron chi connectivity index (χ1n) is 11.4. The number of carbonyl (C=O) groups is 2. The summed E-state index contributed by atoms with van der Waals surface area (Å²) < 4.78 is 29.0. The molecule has 11 heteroatoms. The molecule has 0 spiro atoms. The zero-order chi connectivity index (χ0) is 27.2. The molecule has 0 saturated heterocycles. The molecule has 1 atom stereocenters. The van der Waals surface area contributed by atoms with E-state index in [0.29, 0.717) is 32.3 Å². The number of likely N-dealkylation sites (N-methyl/N-ethyl adjacent to an activating group) is 1. The Hall–Kier alpha value is -2.59. The maximum absolute atomic E-state index is 13.8. The molecule has 0 heterocycles. The highest BCUT2D eigenvalue weighted by Gasteiger charge is 2.32. The van der Waals surface area contributed by atoms with E-state index in [9.17, 15) is 18.0 Å². The fraction of sp³-hybridized carbons (Fsp3) is 0.231. The van der Waals surface area contributed by atoms with Crippen LogP contribution in [-0.4, -0.2) is 44.3 Å². The molecule has 0 bridgehead atoms. The van der Waals surface area contributed by atoms with Gasteiger partial charge >= 0.3 is 0 Å². The van der Waals surface area contributed by atoms with Crippen LogP contribution in [0.3, 0.4) is 0 Å². The van der Waals surface area contributed by atoms with Gasteiger partial charge in [-0.2, -0.15) is 0 Å². The Bertz CT molecular complexity index is 1370. The molecule has 0 aliphatic carbocycles. The summed E-state index contributed by atoms with van der Waals surface area (Å²) in [6.45, 7) is 3.17. The lowest BCUT2D eigenvalue weighted by molar-refractivity contribution is -0.139. The molecule has 0 aliphatic heterocycles.